The molecule has 1 aromatic rings. The number of aryl methyl sites for hydroxylation is 1. The largest absolute Gasteiger partial charge is 0.377 e. The van der Waals surface area contributed by atoms with Gasteiger partial charge in [0, 0.05) is 45.7 Å². The lowest BCUT2D eigenvalue weighted by atomic mass is 9.85. The molecule has 1 aromatic heterocycles. The molecule has 110 valence electrons. The Hall–Kier alpha value is -0.970. The van der Waals surface area contributed by atoms with Crippen LogP contribution in [0.3, 0.4) is 0 Å². The highest BCUT2D eigenvalue weighted by molar-refractivity contribution is 5.16. The van der Waals surface area contributed by atoms with E-state index in [9.17, 15) is 0 Å². The predicted octanol–water partition coefficient (Wildman–Crippen LogP) is 2.16. The summed E-state index contributed by atoms with van der Waals surface area (Å²) >= 11 is 0. The second-order valence-electron chi connectivity index (χ2n) is 6.10. The molecule has 4 heteroatoms. The molecule has 20 heavy (non-hydrogen) atoms. The van der Waals surface area contributed by atoms with Crippen molar-refractivity contribution in [2.45, 2.75) is 44.4 Å². The minimum absolute atomic E-state index is 0.0178. The van der Waals surface area contributed by atoms with Crippen molar-refractivity contribution in [2.75, 3.05) is 26.8 Å². The highest BCUT2D eigenvalue weighted by atomic mass is 16.5. The maximum Gasteiger partial charge on any atom is 0.0987 e. The van der Waals surface area contributed by atoms with Gasteiger partial charge in [-0.1, -0.05) is 6.07 Å². The van der Waals surface area contributed by atoms with Crippen LogP contribution >= 0.6 is 0 Å². The second kappa shape index (κ2) is 5.80. The molecule has 1 spiro atoms. The molecule has 3 heterocycles. The molecule has 0 amide bonds. The van der Waals surface area contributed by atoms with E-state index in [0.717, 1.165) is 39.1 Å². The van der Waals surface area contributed by atoms with Crippen molar-refractivity contribution in [3.8, 4) is 0 Å². The van der Waals surface area contributed by atoms with Gasteiger partial charge in [0.2, 0.25) is 0 Å². The predicted molar refractivity (Wildman–Crippen MR) is 77.6 cm³/mol. The summed E-state index contributed by atoms with van der Waals surface area (Å²) in [5.74, 6) is 0. The van der Waals surface area contributed by atoms with Crippen LogP contribution in [0.4, 0.5) is 0 Å². The smallest absolute Gasteiger partial charge is 0.0987 e. The highest BCUT2D eigenvalue weighted by Crippen LogP contribution is 2.37. The standard InChI is InChI=1S/C16H24N2O2/c1-13-8-14(10-17-9-13)11-18-6-5-16(4-3-7-20-16)15(12-18)19-2/h8-10,15H,3-7,11-12H2,1-2H3/t15-,16-/m0/s1. The van der Waals surface area contributed by atoms with Crippen molar-refractivity contribution in [1.82, 2.24) is 9.88 Å². The lowest BCUT2D eigenvalue weighted by Gasteiger charge is -2.44. The van der Waals surface area contributed by atoms with Crippen molar-refractivity contribution >= 4 is 0 Å². The third-order valence-corrected chi connectivity index (χ3v) is 4.62. The Balaban J connectivity index is 1.66. The monoisotopic (exact) mass is 276 g/mol. The lowest BCUT2D eigenvalue weighted by molar-refractivity contribution is -0.143. The molecule has 0 N–H and O–H groups in total. The summed E-state index contributed by atoms with van der Waals surface area (Å²) in [6.07, 6.45) is 7.44. The van der Waals surface area contributed by atoms with E-state index in [-0.39, 0.29) is 11.7 Å². The average Bonchev–Trinajstić information content (AvgIpc) is 2.91. The Morgan fingerprint density at radius 1 is 1.45 bits per heavy atom. The molecule has 0 aliphatic carbocycles. The third-order valence-electron chi connectivity index (χ3n) is 4.62. The van der Waals surface area contributed by atoms with Crippen molar-refractivity contribution in [2.24, 2.45) is 0 Å². The van der Waals surface area contributed by atoms with Gasteiger partial charge in [0.25, 0.3) is 0 Å². The molecule has 0 aromatic carbocycles. The van der Waals surface area contributed by atoms with Crippen LogP contribution in [-0.4, -0.2) is 48.4 Å². The van der Waals surface area contributed by atoms with E-state index >= 15 is 0 Å². The maximum absolute atomic E-state index is 6.04. The number of nitrogens with zero attached hydrogens (tertiary/aromatic N) is 2. The molecule has 0 unspecified atom stereocenters. The topological polar surface area (TPSA) is 34.6 Å². The molecule has 4 nitrogen and oxygen atoms in total. The summed E-state index contributed by atoms with van der Waals surface area (Å²) in [6, 6.07) is 2.21. The molecule has 0 radical (unpaired) electrons. The number of hydrogen-bond donors (Lipinski definition) is 0. The molecule has 0 bridgehead atoms. The number of pyridine rings is 1. The van der Waals surface area contributed by atoms with Crippen LogP contribution in [-0.2, 0) is 16.0 Å². The normalized spacial score (nSPS) is 31.0. The van der Waals surface area contributed by atoms with Gasteiger partial charge in [0.1, 0.15) is 0 Å². The Bertz CT molecular complexity index is 458. The van der Waals surface area contributed by atoms with Gasteiger partial charge < -0.3 is 9.47 Å². The molecular weight excluding hydrogens is 252 g/mol. The zero-order valence-corrected chi connectivity index (χ0v) is 12.5. The van der Waals surface area contributed by atoms with Crippen molar-refractivity contribution in [3.63, 3.8) is 0 Å². The Labute approximate surface area is 121 Å². The molecule has 2 aliphatic heterocycles. The zero-order chi connectivity index (χ0) is 14.0. The Morgan fingerprint density at radius 2 is 2.35 bits per heavy atom. The maximum atomic E-state index is 6.04. The van der Waals surface area contributed by atoms with E-state index in [0.29, 0.717) is 0 Å². The minimum Gasteiger partial charge on any atom is -0.377 e. The average molecular weight is 276 g/mol. The van der Waals surface area contributed by atoms with Gasteiger partial charge in [0.15, 0.2) is 0 Å². The number of methoxy groups -OCH3 is 1. The fourth-order valence-corrected chi connectivity index (χ4v) is 3.57. The van der Waals surface area contributed by atoms with Gasteiger partial charge in [-0.25, -0.2) is 0 Å². The number of hydrogen-bond acceptors (Lipinski definition) is 4. The van der Waals surface area contributed by atoms with E-state index < -0.39 is 0 Å². The van der Waals surface area contributed by atoms with Gasteiger partial charge in [-0.3, -0.25) is 9.88 Å². The Kier molecular flexibility index (Phi) is 4.06. The number of ether oxygens (including phenoxy) is 2. The van der Waals surface area contributed by atoms with E-state index in [1.165, 1.54) is 17.5 Å². The molecule has 3 rings (SSSR count). The number of rotatable bonds is 3. The fraction of sp³-hybridized carbons (Fsp3) is 0.688. The SMILES string of the molecule is CO[C@H]1CN(Cc2cncc(C)c2)CC[C@@]12CCCO2. The van der Waals surface area contributed by atoms with Crippen LogP contribution in [0.1, 0.15) is 30.4 Å². The zero-order valence-electron chi connectivity index (χ0n) is 12.5. The van der Waals surface area contributed by atoms with E-state index in [2.05, 4.69) is 22.9 Å². The number of likely N-dealkylation sites (tertiary alicyclic amines) is 1. The highest BCUT2D eigenvalue weighted by Gasteiger charge is 2.46. The lowest BCUT2D eigenvalue weighted by Crippen LogP contribution is -2.55. The summed E-state index contributed by atoms with van der Waals surface area (Å²) in [4.78, 5) is 6.73. The summed E-state index contributed by atoms with van der Waals surface area (Å²) in [6.45, 7) is 5.95. The fourth-order valence-electron chi connectivity index (χ4n) is 3.57. The van der Waals surface area contributed by atoms with Gasteiger partial charge in [-0.15, -0.1) is 0 Å². The molecule has 2 aliphatic rings. The summed E-state index contributed by atoms with van der Waals surface area (Å²) in [5.41, 5.74) is 2.48. The number of aromatic nitrogens is 1. The van der Waals surface area contributed by atoms with Crippen molar-refractivity contribution < 1.29 is 9.47 Å². The summed E-state index contributed by atoms with van der Waals surface area (Å²) in [5, 5.41) is 0. The van der Waals surface area contributed by atoms with Gasteiger partial charge in [0.05, 0.1) is 11.7 Å². The summed E-state index contributed by atoms with van der Waals surface area (Å²) < 4.78 is 11.8. The van der Waals surface area contributed by atoms with Crippen LogP contribution in [0.15, 0.2) is 18.5 Å². The molecular formula is C16H24N2O2. The van der Waals surface area contributed by atoms with E-state index in [1.807, 2.05) is 19.5 Å². The quantitative estimate of drug-likeness (QED) is 0.847. The second-order valence-corrected chi connectivity index (χ2v) is 6.10. The van der Waals surface area contributed by atoms with Gasteiger partial charge in [-0.05, 0) is 37.3 Å². The first kappa shape index (κ1) is 14.0. The molecule has 0 saturated carbocycles. The minimum atomic E-state index is -0.0178. The van der Waals surface area contributed by atoms with Gasteiger partial charge >= 0.3 is 0 Å². The van der Waals surface area contributed by atoms with Crippen molar-refractivity contribution in [1.29, 1.82) is 0 Å². The van der Waals surface area contributed by atoms with Crippen molar-refractivity contribution in [3.05, 3.63) is 29.6 Å². The van der Waals surface area contributed by atoms with E-state index in [4.69, 9.17) is 9.47 Å². The third kappa shape index (κ3) is 2.73. The van der Waals surface area contributed by atoms with E-state index in [1.54, 1.807) is 0 Å². The number of piperidine rings is 1. The molecule has 2 fully saturated rings. The first-order chi connectivity index (χ1) is 9.72. The first-order valence-electron chi connectivity index (χ1n) is 7.51. The van der Waals surface area contributed by atoms with Gasteiger partial charge in [-0.2, -0.15) is 0 Å². The van der Waals surface area contributed by atoms with Crippen LogP contribution in [0, 0.1) is 6.92 Å². The molecule has 2 atom stereocenters. The van der Waals surface area contributed by atoms with Crippen LogP contribution in [0.5, 0.6) is 0 Å². The van der Waals surface area contributed by atoms with Crippen LogP contribution in [0.2, 0.25) is 0 Å². The van der Waals surface area contributed by atoms with Crippen LogP contribution in [0.25, 0.3) is 0 Å². The molecule has 2 saturated heterocycles. The van der Waals surface area contributed by atoms with Crippen LogP contribution < -0.4 is 0 Å². The first-order valence-corrected chi connectivity index (χ1v) is 7.51. The summed E-state index contributed by atoms with van der Waals surface area (Å²) in [7, 11) is 1.81. The Morgan fingerprint density at radius 3 is 3.05 bits per heavy atom.